The average molecular weight is 428 g/mol. The zero-order chi connectivity index (χ0) is 23.0. The Bertz CT molecular complexity index is 838. The lowest BCUT2D eigenvalue weighted by Gasteiger charge is -2.28. The summed E-state index contributed by atoms with van der Waals surface area (Å²) in [6.07, 6.45) is 6.49. The molecule has 7 nitrogen and oxygen atoms in total. The van der Waals surface area contributed by atoms with Gasteiger partial charge in [0.1, 0.15) is 5.60 Å². The molecular formula is C24H33N3O4. The van der Waals surface area contributed by atoms with Crippen LogP contribution in [0.1, 0.15) is 65.0 Å². The summed E-state index contributed by atoms with van der Waals surface area (Å²) in [5.41, 5.74) is 1.01. The lowest BCUT2D eigenvalue weighted by Crippen LogP contribution is -2.37. The van der Waals surface area contributed by atoms with Crippen molar-refractivity contribution in [3.63, 3.8) is 0 Å². The number of benzene rings is 1. The Kier molecular flexibility index (Phi) is 8.49. The van der Waals surface area contributed by atoms with Gasteiger partial charge in [-0.05, 0) is 52.2 Å². The highest BCUT2D eigenvalue weighted by Gasteiger charge is 2.30. The summed E-state index contributed by atoms with van der Waals surface area (Å²) in [5, 5.41) is 3.04. The molecule has 0 spiro atoms. The van der Waals surface area contributed by atoms with Gasteiger partial charge in [-0.1, -0.05) is 24.1 Å². The normalized spacial score (nSPS) is 15.8. The number of para-hydroxylation sites is 1. The average Bonchev–Trinajstić information content (AvgIpc) is 2.89. The number of nitrogens with one attached hydrogen (secondary N) is 1. The summed E-state index contributed by atoms with van der Waals surface area (Å²) in [7, 11) is 0. The van der Waals surface area contributed by atoms with Gasteiger partial charge in [0.05, 0.1) is 18.3 Å². The number of ether oxygens (including phenoxy) is 1. The molecule has 7 heteroatoms. The maximum absolute atomic E-state index is 12.7. The van der Waals surface area contributed by atoms with Crippen LogP contribution in [0.4, 0.5) is 10.5 Å². The van der Waals surface area contributed by atoms with E-state index in [0.717, 1.165) is 11.3 Å². The molecule has 2 rings (SSSR count). The number of amides is 3. The highest BCUT2D eigenvalue weighted by atomic mass is 16.6. The number of hydrogen-bond donors (Lipinski definition) is 1. The van der Waals surface area contributed by atoms with E-state index in [-0.39, 0.29) is 37.2 Å². The number of fused-ring (bicyclic) bond motifs is 1. The Morgan fingerprint density at radius 2 is 1.97 bits per heavy atom. The lowest BCUT2D eigenvalue weighted by molar-refractivity contribution is -0.133. The second-order valence-electron chi connectivity index (χ2n) is 8.57. The molecule has 31 heavy (non-hydrogen) atoms. The fourth-order valence-corrected chi connectivity index (χ4v) is 3.55. The van der Waals surface area contributed by atoms with Gasteiger partial charge in [0, 0.05) is 25.9 Å². The Hall–Kier alpha value is -3.01. The van der Waals surface area contributed by atoms with Crippen LogP contribution in [-0.2, 0) is 14.3 Å². The highest BCUT2D eigenvalue weighted by Crippen LogP contribution is 2.33. The molecule has 0 saturated carbocycles. The van der Waals surface area contributed by atoms with Crippen molar-refractivity contribution in [2.45, 2.75) is 65.0 Å². The Labute approximate surface area is 185 Å². The maximum Gasteiger partial charge on any atom is 0.414 e. The summed E-state index contributed by atoms with van der Waals surface area (Å²) in [6, 6.07) is 7.30. The van der Waals surface area contributed by atoms with Crippen molar-refractivity contribution in [2.24, 2.45) is 0 Å². The van der Waals surface area contributed by atoms with Crippen molar-refractivity contribution in [3.05, 3.63) is 29.8 Å². The molecule has 1 atom stereocenters. The van der Waals surface area contributed by atoms with Gasteiger partial charge >= 0.3 is 6.09 Å². The second kappa shape index (κ2) is 10.9. The van der Waals surface area contributed by atoms with Crippen molar-refractivity contribution in [1.29, 1.82) is 0 Å². The third-order valence-corrected chi connectivity index (χ3v) is 5.01. The van der Waals surface area contributed by atoms with E-state index < -0.39 is 11.7 Å². The van der Waals surface area contributed by atoms with Crippen LogP contribution in [0.15, 0.2) is 24.3 Å². The molecule has 0 aliphatic carbocycles. The van der Waals surface area contributed by atoms with Crippen LogP contribution in [0, 0.1) is 12.3 Å². The van der Waals surface area contributed by atoms with Crippen molar-refractivity contribution in [3.8, 4) is 12.3 Å². The minimum Gasteiger partial charge on any atom is -0.443 e. The van der Waals surface area contributed by atoms with E-state index in [2.05, 4.69) is 11.2 Å². The molecule has 1 aromatic carbocycles. The van der Waals surface area contributed by atoms with Crippen LogP contribution in [0.5, 0.6) is 0 Å². The van der Waals surface area contributed by atoms with Crippen LogP contribution in [0.3, 0.4) is 0 Å². The molecule has 1 N–H and O–H groups in total. The quantitative estimate of drug-likeness (QED) is 0.703. The minimum absolute atomic E-state index is 0.0916. The third kappa shape index (κ3) is 7.02. The van der Waals surface area contributed by atoms with E-state index in [1.165, 1.54) is 0 Å². The summed E-state index contributed by atoms with van der Waals surface area (Å²) in [6.45, 7) is 8.63. The van der Waals surface area contributed by atoms with E-state index in [4.69, 9.17) is 11.2 Å². The molecule has 168 valence electrons. The number of anilines is 1. The van der Waals surface area contributed by atoms with Gasteiger partial charge in [0.25, 0.3) is 0 Å². The lowest BCUT2D eigenvalue weighted by atomic mass is 10.0. The van der Waals surface area contributed by atoms with Crippen molar-refractivity contribution < 1.29 is 19.1 Å². The fourth-order valence-electron chi connectivity index (χ4n) is 3.55. The van der Waals surface area contributed by atoms with Crippen molar-refractivity contribution in [2.75, 3.05) is 24.5 Å². The van der Waals surface area contributed by atoms with Gasteiger partial charge in [-0.3, -0.25) is 14.5 Å². The first-order chi connectivity index (χ1) is 14.7. The summed E-state index contributed by atoms with van der Waals surface area (Å²) >= 11 is 0. The molecule has 1 unspecified atom stereocenters. The SMILES string of the molecule is C#CCN(CC)C(=O)CCC(=O)NC1CCCN(C(=O)OC(C)(C)C)c2ccccc21. The zero-order valence-corrected chi connectivity index (χ0v) is 18.9. The molecule has 0 bridgehead atoms. The van der Waals surface area contributed by atoms with Crippen LogP contribution < -0.4 is 10.2 Å². The van der Waals surface area contributed by atoms with E-state index in [9.17, 15) is 14.4 Å². The summed E-state index contributed by atoms with van der Waals surface area (Å²) in [5.74, 6) is 2.13. The number of rotatable bonds is 6. The number of carbonyl (C=O) groups is 3. The first kappa shape index (κ1) is 24.3. The van der Waals surface area contributed by atoms with Gasteiger partial charge in [-0.25, -0.2) is 4.79 Å². The topological polar surface area (TPSA) is 79.0 Å². The van der Waals surface area contributed by atoms with Crippen LogP contribution in [0.2, 0.25) is 0 Å². The largest absolute Gasteiger partial charge is 0.443 e. The predicted molar refractivity (Wildman–Crippen MR) is 120 cm³/mol. The third-order valence-electron chi connectivity index (χ3n) is 5.01. The second-order valence-corrected chi connectivity index (χ2v) is 8.57. The number of terminal acetylenes is 1. The van der Waals surface area contributed by atoms with Crippen LogP contribution >= 0.6 is 0 Å². The molecule has 0 aromatic heterocycles. The molecule has 1 aliphatic rings. The Morgan fingerprint density at radius 3 is 2.61 bits per heavy atom. The molecule has 0 radical (unpaired) electrons. The first-order valence-electron chi connectivity index (χ1n) is 10.8. The predicted octanol–water partition coefficient (Wildman–Crippen LogP) is 3.64. The van der Waals surface area contributed by atoms with Crippen LogP contribution in [-0.4, -0.2) is 48.0 Å². The Balaban J connectivity index is 2.08. The molecule has 0 saturated heterocycles. The molecule has 0 fully saturated rings. The Morgan fingerprint density at radius 1 is 1.26 bits per heavy atom. The number of carbonyl (C=O) groups excluding carboxylic acids is 3. The summed E-state index contributed by atoms with van der Waals surface area (Å²) in [4.78, 5) is 40.7. The molecule has 1 heterocycles. The van der Waals surface area contributed by atoms with Crippen molar-refractivity contribution in [1.82, 2.24) is 10.2 Å². The molecule has 1 aromatic rings. The highest BCUT2D eigenvalue weighted by molar-refractivity contribution is 5.90. The zero-order valence-electron chi connectivity index (χ0n) is 18.9. The first-order valence-corrected chi connectivity index (χ1v) is 10.8. The number of nitrogens with zero attached hydrogens (tertiary/aromatic N) is 2. The van der Waals surface area contributed by atoms with E-state index in [1.807, 2.05) is 52.0 Å². The van der Waals surface area contributed by atoms with Gasteiger partial charge in [0.2, 0.25) is 11.8 Å². The van der Waals surface area contributed by atoms with E-state index in [1.54, 1.807) is 9.80 Å². The van der Waals surface area contributed by atoms with E-state index in [0.29, 0.717) is 25.9 Å². The maximum atomic E-state index is 12.7. The van der Waals surface area contributed by atoms with E-state index >= 15 is 0 Å². The smallest absolute Gasteiger partial charge is 0.414 e. The van der Waals surface area contributed by atoms with Crippen molar-refractivity contribution >= 4 is 23.6 Å². The molecule has 3 amide bonds. The fraction of sp³-hybridized carbons (Fsp3) is 0.542. The molecule has 1 aliphatic heterocycles. The van der Waals surface area contributed by atoms with Gasteiger partial charge in [-0.2, -0.15) is 0 Å². The van der Waals surface area contributed by atoms with Gasteiger partial charge < -0.3 is 15.0 Å². The minimum atomic E-state index is -0.593. The van der Waals surface area contributed by atoms with Crippen LogP contribution in [0.25, 0.3) is 0 Å². The van der Waals surface area contributed by atoms with Gasteiger partial charge in [0.15, 0.2) is 0 Å². The van der Waals surface area contributed by atoms with Gasteiger partial charge in [-0.15, -0.1) is 6.42 Å². The monoisotopic (exact) mass is 427 g/mol. The standard InChI is InChI=1S/C24H33N3O4/c1-6-16-26(7-2)22(29)15-14-21(28)25-19-12-10-17-27(23(30)31-24(3,4)5)20-13-9-8-11-18(19)20/h1,8-9,11,13,19H,7,10,12,14-17H2,2-5H3,(H,25,28). The summed E-state index contributed by atoms with van der Waals surface area (Å²) < 4.78 is 5.57. The molecular weight excluding hydrogens is 394 g/mol. The number of hydrogen-bond acceptors (Lipinski definition) is 4.